The van der Waals surface area contributed by atoms with Crippen molar-refractivity contribution in [2.45, 2.75) is 38.3 Å². The zero-order chi connectivity index (χ0) is 24.3. The van der Waals surface area contributed by atoms with Crippen LogP contribution in [0, 0.1) is 13.8 Å². The summed E-state index contributed by atoms with van der Waals surface area (Å²) in [6.45, 7) is 6.20. The van der Waals surface area contributed by atoms with Gasteiger partial charge in [0.2, 0.25) is 15.9 Å². The summed E-state index contributed by atoms with van der Waals surface area (Å²) in [5.41, 5.74) is 4.23. The smallest absolute Gasteiger partial charge is 0.246 e. The lowest BCUT2D eigenvalue weighted by Crippen LogP contribution is -2.28. The van der Waals surface area contributed by atoms with Crippen molar-refractivity contribution in [3.8, 4) is 0 Å². The number of nitrogens with two attached hydrogens (primary N) is 1. The Kier molecular flexibility index (Phi) is 7.41. The molecule has 174 valence electrons. The first kappa shape index (κ1) is 24.7. The molecular formula is C24H27ClN4O3S. The predicted octanol–water partition coefficient (Wildman–Crippen LogP) is 4.08. The molecule has 0 bridgehead atoms. The first-order chi connectivity index (χ1) is 15.5. The second kappa shape index (κ2) is 9.91. The van der Waals surface area contributed by atoms with Crippen LogP contribution < -0.4 is 5.14 Å². The highest BCUT2D eigenvalue weighted by atomic mass is 35.5. The van der Waals surface area contributed by atoms with Gasteiger partial charge in [0.25, 0.3) is 0 Å². The molecule has 0 aliphatic rings. The van der Waals surface area contributed by atoms with Gasteiger partial charge in [0.1, 0.15) is 0 Å². The number of sulfonamides is 1. The van der Waals surface area contributed by atoms with E-state index in [1.54, 1.807) is 25.3 Å². The van der Waals surface area contributed by atoms with Gasteiger partial charge in [-0.3, -0.25) is 9.48 Å². The average Bonchev–Trinajstić information content (AvgIpc) is 3.04. The summed E-state index contributed by atoms with van der Waals surface area (Å²) in [6, 6.07) is 13.6. The SMILES string of the molecule is Cc1nn(Cc2ccccc2Cl)c(C)c1/C=C/C(=O)N(C)C(C)c1cccc(S(N)(=O)=O)c1. The summed E-state index contributed by atoms with van der Waals surface area (Å²) in [6.07, 6.45) is 3.25. The number of aromatic nitrogens is 2. The molecule has 0 radical (unpaired) electrons. The molecule has 0 aliphatic carbocycles. The molecule has 2 aromatic carbocycles. The van der Waals surface area contributed by atoms with Crippen LogP contribution in [0.2, 0.25) is 5.02 Å². The third-order valence-corrected chi connectivity index (χ3v) is 6.99. The van der Waals surface area contributed by atoms with Gasteiger partial charge in [-0.2, -0.15) is 5.10 Å². The molecule has 0 fully saturated rings. The fourth-order valence-corrected chi connectivity index (χ4v) is 4.30. The van der Waals surface area contributed by atoms with Crippen LogP contribution in [0.25, 0.3) is 6.08 Å². The van der Waals surface area contributed by atoms with Crippen molar-refractivity contribution >= 4 is 33.6 Å². The molecule has 0 aliphatic heterocycles. The first-order valence-electron chi connectivity index (χ1n) is 10.3. The van der Waals surface area contributed by atoms with Crippen LogP contribution in [0.15, 0.2) is 59.5 Å². The van der Waals surface area contributed by atoms with Crippen molar-refractivity contribution in [2.24, 2.45) is 5.14 Å². The summed E-state index contributed by atoms with van der Waals surface area (Å²) >= 11 is 6.28. The molecule has 1 unspecified atom stereocenters. The number of primary sulfonamides is 1. The van der Waals surface area contributed by atoms with Gasteiger partial charge in [0, 0.05) is 29.4 Å². The second-order valence-electron chi connectivity index (χ2n) is 7.91. The Hall–Kier alpha value is -2.94. The van der Waals surface area contributed by atoms with Gasteiger partial charge >= 0.3 is 0 Å². The lowest BCUT2D eigenvalue weighted by atomic mass is 10.1. The van der Waals surface area contributed by atoms with Crippen LogP contribution in [-0.2, 0) is 21.4 Å². The maximum atomic E-state index is 12.8. The van der Waals surface area contributed by atoms with Crippen molar-refractivity contribution in [1.82, 2.24) is 14.7 Å². The highest BCUT2D eigenvalue weighted by Gasteiger charge is 2.18. The lowest BCUT2D eigenvalue weighted by molar-refractivity contribution is -0.126. The van der Waals surface area contributed by atoms with E-state index in [1.165, 1.54) is 23.1 Å². The number of halogens is 1. The zero-order valence-corrected chi connectivity index (χ0v) is 20.6. The Balaban J connectivity index is 1.77. The number of rotatable bonds is 7. The molecule has 33 heavy (non-hydrogen) atoms. The molecule has 1 amide bonds. The summed E-state index contributed by atoms with van der Waals surface area (Å²) < 4.78 is 25.1. The van der Waals surface area contributed by atoms with Gasteiger partial charge in [-0.25, -0.2) is 13.6 Å². The van der Waals surface area contributed by atoms with Gasteiger partial charge < -0.3 is 4.90 Å². The average molecular weight is 487 g/mol. The quantitative estimate of drug-likeness (QED) is 0.508. The largest absolute Gasteiger partial charge is 0.335 e. The summed E-state index contributed by atoms with van der Waals surface area (Å²) in [5, 5.41) is 10.5. The van der Waals surface area contributed by atoms with Gasteiger partial charge in [-0.1, -0.05) is 41.9 Å². The van der Waals surface area contributed by atoms with E-state index in [-0.39, 0.29) is 16.8 Å². The third-order valence-electron chi connectivity index (χ3n) is 5.71. The number of amides is 1. The molecule has 3 rings (SSSR count). The first-order valence-corrected chi connectivity index (χ1v) is 12.3. The van der Waals surface area contributed by atoms with Crippen LogP contribution in [-0.4, -0.2) is 36.1 Å². The van der Waals surface area contributed by atoms with E-state index in [9.17, 15) is 13.2 Å². The fourth-order valence-electron chi connectivity index (χ4n) is 3.53. The summed E-state index contributed by atoms with van der Waals surface area (Å²) in [5.74, 6) is -0.221. The van der Waals surface area contributed by atoms with E-state index < -0.39 is 10.0 Å². The summed E-state index contributed by atoms with van der Waals surface area (Å²) in [4.78, 5) is 14.4. The number of aryl methyl sites for hydroxylation is 1. The van der Waals surface area contributed by atoms with Crippen molar-refractivity contribution in [3.05, 3.63) is 87.7 Å². The molecule has 3 aromatic rings. The van der Waals surface area contributed by atoms with Gasteiger partial charge in [-0.05, 0) is 56.2 Å². The van der Waals surface area contributed by atoms with Crippen LogP contribution in [0.4, 0.5) is 0 Å². The van der Waals surface area contributed by atoms with E-state index in [0.29, 0.717) is 17.1 Å². The lowest BCUT2D eigenvalue weighted by Gasteiger charge is -2.24. The van der Waals surface area contributed by atoms with Crippen LogP contribution in [0.1, 0.15) is 41.0 Å². The molecule has 1 heterocycles. The summed E-state index contributed by atoms with van der Waals surface area (Å²) in [7, 11) is -2.15. The second-order valence-corrected chi connectivity index (χ2v) is 9.88. The Labute approximate surface area is 199 Å². The Morgan fingerprint density at radius 2 is 1.91 bits per heavy atom. The molecule has 2 N–H and O–H groups in total. The Morgan fingerprint density at radius 1 is 1.21 bits per heavy atom. The maximum absolute atomic E-state index is 12.8. The third kappa shape index (κ3) is 5.71. The van der Waals surface area contributed by atoms with Crippen LogP contribution in [0.5, 0.6) is 0 Å². The van der Waals surface area contributed by atoms with E-state index in [4.69, 9.17) is 16.7 Å². The highest BCUT2D eigenvalue weighted by molar-refractivity contribution is 7.89. The molecular weight excluding hydrogens is 460 g/mol. The van der Waals surface area contributed by atoms with Gasteiger partial charge in [-0.15, -0.1) is 0 Å². The molecule has 0 spiro atoms. The van der Waals surface area contributed by atoms with Crippen molar-refractivity contribution in [3.63, 3.8) is 0 Å². The van der Waals surface area contributed by atoms with Crippen LogP contribution in [0.3, 0.4) is 0 Å². The number of carbonyl (C=O) groups is 1. The monoisotopic (exact) mass is 486 g/mol. The van der Waals surface area contributed by atoms with Crippen LogP contribution >= 0.6 is 11.6 Å². The molecule has 7 nitrogen and oxygen atoms in total. The van der Waals surface area contributed by atoms with E-state index in [2.05, 4.69) is 5.10 Å². The van der Waals surface area contributed by atoms with E-state index in [0.717, 1.165) is 22.5 Å². The zero-order valence-electron chi connectivity index (χ0n) is 19.0. The topological polar surface area (TPSA) is 98.3 Å². The number of hydrogen-bond donors (Lipinski definition) is 1. The number of hydrogen-bond acceptors (Lipinski definition) is 4. The molecule has 0 saturated carbocycles. The molecule has 1 aromatic heterocycles. The Morgan fingerprint density at radius 3 is 2.58 bits per heavy atom. The van der Waals surface area contributed by atoms with E-state index in [1.807, 2.05) is 49.7 Å². The van der Waals surface area contributed by atoms with Crippen molar-refractivity contribution in [2.75, 3.05) is 7.05 Å². The highest BCUT2D eigenvalue weighted by Crippen LogP contribution is 2.23. The molecule has 9 heteroatoms. The fraction of sp³-hybridized carbons (Fsp3) is 0.250. The van der Waals surface area contributed by atoms with Crippen molar-refractivity contribution in [1.29, 1.82) is 0 Å². The number of benzene rings is 2. The number of carbonyl (C=O) groups excluding carboxylic acids is 1. The minimum atomic E-state index is -3.82. The number of likely N-dealkylation sites (N-methyl/N-ethyl adjacent to an activating group) is 1. The normalized spacial score (nSPS) is 12.8. The molecule has 1 atom stereocenters. The minimum absolute atomic E-state index is 0.0143. The standard InChI is InChI=1S/C24H27ClN4O3S/c1-16-22(18(3)29(27-16)15-20-8-5-6-11-23(20)25)12-13-24(30)28(4)17(2)19-9-7-10-21(14-19)33(26,31)32/h5-14,17H,15H2,1-4H3,(H2,26,31,32)/b13-12+. The van der Waals surface area contributed by atoms with Crippen molar-refractivity contribution < 1.29 is 13.2 Å². The van der Waals surface area contributed by atoms with Gasteiger partial charge in [0.05, 0.1) is 23.2 Å². The maximum Gasteiger partial charge on any atom is 0.246 e. The van der Waals surface area contributed by atoms with E-state index >= 15 is 0 Å². The number of nitrogens with zero attached hydrogens (tertiary/aromatic N) is 3. The minimum Gasteiger partial charge on any atom is -0.335 e. The Bertz CT molecular complexity index is 1310. The predicted molar refractivity (Wildman–Crippen MR) is 130 cm³/mol. The molecule has 0 saturated heterocycles. The van der Waals surface area contributed by atoms with Gasteiger partial charge in [0.15, 0.2) is 0 Å².